The van der Waals surface area contributed by atoms with Crippen molar-refractivity contribution in [3.8, 4) is 89.4 Å². The van der Waals surface area contributed by atoms with Gasteiger partial charge in [-0.2, -0.15) is 0 Å². The molecule has 0 bridgehead atoms. The summed E-state index contributed by atoms with van der Waals surface area (Å²) < 4.78 is 0. The summed E-state index contributed by atoms with van der Waals surface area (Å²) in [6, 6.07) is 73.3. The summed E-state index contributed by atoms with van der Waals surface area (Å²) in [5, 5.41) is 0. The maximum atomic E-state index is 5.37. The molecule has 0 N–H and O–H groups in total. The quantitative estimate of drug-likeness (QED) is 0.168. The highest BCUT2D eigenvalue weighted by molar-refractivity contribution is 6.02. The summed E-state index contributed by atoms with van der Waals surface area (Å²) in [5.74, 6) is 0.719. The maximum Gasteiger partial charge on any atom is 0.160 e. The Morgan fingerprint density at radius 1 is 0.344 bits per heavy atom. The van der Waals surface area contributed by atoms with Crippen molar-refractivity contribution in [2.24, 2.45) is 0 Å². The maximum absolute atomic E-state index is 5.37. The molecule has 2 aromatic heterocycles. The molecule has 0 radical (unpaired) electrons. The molecule has 3 heteroatoms. The molecule has 3 nitrogen and oxygen atoms in total. The normalized spacial score (nSPS) is 12.7. The minimum absolute atomic E-state index is 0.549. The number of nitrogens with zero attached hydrogens (tertiary/aromatic N) is 3. The van der Waals surface area contributed by atoms with Crippen molar-refractivity contribution in [3.05, 3.63) is 246 Å². The minimum atomic E-state index is -0.549. The van der Waals surface area contributed by atoms with E-state index >= 15 is 0 Å². The third-order valence-electron chi connectivity index (χ3n) is 13.5. The Balaban J connectivity index is 1.06. The van der Waals surface area contributed by atoms with Crippen molar-refractivity contribution in [2.45, 2.75) is 26.2 Å². The fourth-order valence-electron chi connectivity index (χ4n) is 10.7. The van der Waals surface area contributed by atoms with Crippen molar-refractivity contribution < 1.29 is 0 Å². The van der Waals surface area contributed by atoms with E-state index in [0.29, 0.717) is 0 Å². The third-order valence-corrected chi connectivity index (χ3v) is 13.5. The van der Waals surface area contributed by atoms with Crippen LogP contribution in [0.5, 0.6) is 0 Å². The summed E-state index contributed by atoms with van der Waals surface area (Å²) in [4.78, 5) is 15.2. The van der Waals surface area contributed by atoms with Crippen LogP contribution in [0.15, 0.2) is 206 Å². The number of rotatable bonds is 6. The second-order valence-corrected chi connectivity index (χ2v) is 17.2. The SMILES string of the molecule is Cc1cnc(C)c(-c2ccc(-c3ccccc3-c3cccc4c3-c3ccc(-c5nc(C)cc(-c6ccccc6-c6ccccc6)n5)cc3C43c4ccccc4-c4ccccc43)cc2)c1. The molecular formula is C61H43N3. The van der Waals surface area contributed by atoms with Crippen LogP contribution in [0.2, 0.25) is 0 Å². The van der Waals surface area contributed by atoms with E-state index in [1.165, 1.54) is 77.9 Å². The van der Waals surface area contributed by atoms with Crippen LogP contribution in [-0.4, -0.2) is 15.0 Å². The molecule has 2 heterocycles. The van der Waals surface area contributed by atoms with Crippen molar-refractivity contribution in [1.29, 1.82) is 0 Å². The Morgan fingerprint density at radius 2 is 0.875 bits per heavy atom. The molecule has 0 saturated heterocycles. The summed E-state index contributed by atoms with van der Waals surface area (Å²) in [5.41, 5.74) is 25.2. The summed E-state index contributed by atoms with van der Waals surface area (Å²) >= 11 is 0. The molecule has 12 rings (SSSR count). The van der Waals surface area contributed by atoms with Crippen LogP contribution in [-0.2, 0) is 5.41 Å². The monoisotopic (exact) mass is 817 g/mol. The van der Waals surface area contributed by atoms with Crippen LogP contribution >= 0.6 is 0 Å². The van der Waals surface area contributed by atoms with Crippen LogP contribution in [0, 0.1) is 20.8 Å². The number of aryl methyl sites for hydroxylation is 3. The Bertz CT molecular complexity index is 3430. The van der Waals surface area contributed by atoms with Gasteiger partial charge in [-0.25, -0.2) is 9.97 Å². The van der Waals surface area contributed by atoms with Gasteiger partial charge < -0.3 is 0 Å². The van der Waals surface area contributed by atoms with Gasteiger partial charge in [-0.1, -0.05) is 182 Å². The average Bonchev–Trinajstić information content (AvgIpc) is 3.82. The molecule has 1 spiro atoms. The zero-order valence-electron chi connectivity index (χ0n) is 36.0. The number of hydrogen-bond acceptors (Lipinski definition) is 3. The molecule has 0 aliphatic heterocycles. The van der Waals surface area contributed by atoms with Crippen molar-refractivity contribution in [2.75, 3.05) is 0 Å². The van der Waals surface area contributed by atoms with Gasteiger partial charge in [0.15, 0.2) is 5.82 Å². The average molecular weight is 818 g/mol. The predicted octanol–water partition coefficient (Wildman–Crippen LogP) is 15.1. The zero-order valence-corrected chi connectivity index (χ0v) is 36.0. The fourth-order valence-corrected chi connectivity index (χ4v) is 10.7. The van der Waals surface area contributed by atoms with E-state index in [0.717, 1.165) is 50.7 Å². The Hall–Kier alpha value is -8.01. The third kappa shape index (κ3) is 5.78. The lowest BCUT2D eigenvalue weighted by Gasteiger charge is -2.31. The van der Waals surface area contributed by atoms with Gasteiger partial charge in [0, 0.05) is 34.3 Å². The van der Waals surface area contributed by atoms with Gasteiger partial charge in [0.1, 0.15) is 0 Å². The molecule has 0 atom stereocenters. The smallest absolute Gasteiger partial charge is 0.160 e. The second kappa shape index (κ2) is 14.8. The van der Waals surface area contributed by atoms with Crippen molar-refractivity contribution >= 4 is 0 Å². The molecule has 2 aliphatic carbocycles. The second-order valence-electron chi connectivity index (χ2n) is 17.2. The molecule has 0 amide bonds. The zero-order chi connectivity index (χ0) is 42.9. The van der Waals surface area contributed by atoms with Crippen molar-refractivity contribution in [1.82, 2.24) is 15.0 Å². The number of fused-ring (bicyclic) bond motifs is 10. The Labute approximate surface area is 374 Å². The summed E-state index contributed by atoms with van der Waals surface area (Å²) in [7, 11) is 0. The highest BCUT2D eigenvalue weighted by atomic mass is 14.9. The van der Waals surface area contributed by atoms with E-state index in [1.807, 2.05) is 6.20 Å². The van der Waals surface area contributed by atoms with Crippen LogP contribution in [0.25, 0.3) is 89.4 Å². The number of pyridine rings is 1. The van der Waals surface area contributed by atoms with Gasteiger partial charge in [0.2, 0.25) is 0 Å². The van der Waals surface area contributed by atoms with Gasteiger partial charge in [0.05, 0.1) is 11.1 Å². The molecule has 0 unspecified atom stereocenters. The Kier molecular flexibility index (Phi) is 8.74. The van der Waals surface area contributed by atoms with Gasteiger partial charge in [-0.3, -0.25) is 4.98 Å². The van der Waals surface area contributed by atoms with E-state index in [-0.39, 0.29) is 0 Å². The molecular weight excluding hydrogens is 775 g/mol. The summed E-state index contributed by atoms with van der Waals surface area (Å²) in [6.07, 6.45) is 1.94. The minimum Gasteiger partial charge on any atom is -0.261 e. The van der Waals surface area contributed by atoms with Crippen molar-refractivity contribution in [3.63, 3.8) is 0 Å². The van der Waals surface area contributed by atoms with E-state index < -0.39 is 5.41 Å². The first-order valence-corrected chi connectivity index (χ1v) is 22.1. The Morgan fingerprint density at radius 3 is 1.58 bits per heavy atom. The highest BCUT2D eigenvalue weighted by Gasteiger charge is 2.52. The molecule has 0 saturated carbocycles. The van der Waals surface area contributed by atoms with Crippen LogP contribution in [0.4, 0.5) is 0 Å². The first-order chi connectivity index (χ1) is 31.5. The first-order valence-electron chi connectivity index (χ1n) is 22.1. The lowest BCUT2D eigenvalue weighted by Crippen LogP contribution is -2.26. The predicted molar refractivity (Wildman–Crippen MR) is 263 cm³/mol. The fraction of sp³-hybridized carbons (Fsp3) is 0.0656. The molecule has 0 fully saturated rings. The molecule has 10 aromatic rings. The highest BCUT2D eigenvalue weighted by Crippen LogP contribution is 2.64. The van der Waals surface area contributed by atoms with E-state index in [1.54, 1.807) is 0 Å². The largest absolute Gasteiger partial charge is 0.261 e. The number of hydrogen-bond donors (Lipinski definition) is 0. The van der Waals surface area contributed by atoms with Gasteiger partial charge in [-0.15, -0.1) is 0 Å². The lowest BCUT2D eigenvalue weighted by atomic mass is 9.70. The molecule has 2 aliphatic rings. The standard InChI is InChI=1S/C61H43N3/c1-38-34-53(40(3)62-37-38)43-30-28-42(29-31-43)45-18-7-9-20-47(45)51-24-15-27-56-59(51)52-33-32-44(36-57(52)61(56)54-25-13-11-21-48(54)49-22-12-14-26-55(49)61)60-63-39(2)35-58(64-60)50-23-10-8-19-46(50)41-16-5-4-6-17-41/h4-37H,1-3H3. The molecule has 8 aromatic carbocycles. The van der Waals surface area contributed by atoms with Crippen LogP contribution < -0.4 is 0 Å². The van der Waals surface area contributed by atoms with Gasteiger partial charge in [-0.05, 0) is 128 Å². The summed E-state index contributed by atoms with van der Waals surface area (Å²) in [6.45, 7) is 6.26. The van der Waals surface area contributed by atoms with Gasteiger partial charge >= 0.3 is 0 Å². The lowest BCUT2D eigenvalue weighted by molar-refractivity contribution is 0.794. The number of aromatic nitrogens is 3. The van der Waals surface area contributed by atoms with Crippen LogP contribution in [0.1, 0.15) is 39.2 Å². The van der Waals surface area contributed by atoms with E-state index in [4.69, 9.17) is 9.97 Å². The van der Waals surface area contributed by atoms with E-state index in [2.05, 4.69) is 226 Å². The van der Waals surface area contributed by atoms with Crippen LogP contribution in [0.3, 0.4) is 0 Å². The first kappa shape index (κ1) is 37.7. The molecule has 302 valence electrons. The molecule has 64 heavy (non-hydrogen) atoms. The van der Waals surface area contributed by atoms with E-state index in [9.17, 15) is 0 Å². The number of benzene rings is 8. The topological polar surface area (TPSA) is 38.7 Å². The van der Waals surface area contributed by atoms with Gasteiger partial charge in [0.25, 0.3) is 0 Å².